The number of allylic oxidation sites excluding steroid dienone is 2. The van der Waals surface area contributed by atoms with Crippen LogP contribution in [-0.2, 0) is 19.0 Å². The van der Waals surface area contributed by atoms with Gasteiger partial charge in [-0.05, 0) is 79.4 Å². The molecule has 38 heavy (non-hydrogen) atoms. The van der Waals surface area contributed by atoms with E-state index in [-0.39, 0.29) is 36.7 Å². The number of nitrogens with zero attached hydrogens (tertiary/aromatic N) is 1. The summed E-state index contributed by atoms with van der Waals surface area (Å²) in [5, 5.41) is 0. The van der Waals surface area contributed by atoms with E-state index in [0.717, 1.165) is 37.0 Å². The number of hydrogen-bond donors (Lipinski definition) is 0. The Kier molecular flexibility index (Phi) is 8.31. The molecule has 0 radical (unpaired) electrons. The Morgan fingerprint density at radius 2 is 2.00 bits per heavy atom. The van der Waals surface area contributed by atoms with Gasteiger partial charge in [-0.25, -0.2) is 9.59 Å². The number of piperidine rings is 1. The third-order valence-corrected chi connectivity index (χ3v) is 7.76. The quantitative estimate of drug-likeness (QED) is 0.338. The first-order chi connectivity index (χ1) is 17.9. The van der Waals surface area contributed by atoms with Crippen molar-refractivity contribution < 1.29 is 33.3 Å². The first kappa shape index (κ1) is 28.3. The highest BCUT2D eigenvalue weighted by Crippen LogP contribution is 2.54. The molecule has 1 amide bonds. The van der Waals surface area contributed by atoms with Crippen molar-refractivity contribution in [2.75, 3.05) is 26.8 Å². The van der Waals surface area contributed by atoms with Crippen LogP contribution in [0, 0.1) is 11.8 Å². The zero-order valence-corrected chi connectivity index (χ0v) is 23.9. The van der Waals surface area contributed by atoms with Crippen molar-refractivity contribution in [1.82, 2.24) is 4.90 Å². The maximum Gasteiger partial charge on any atom is 0.410 e. The average Bonchev–Trinajstić information content (AvgIpc) is 2.84. The number of benzene rings is 1. The van der Waals surface area contributed by atoms with E-state index in [9.17, 15) is 9.59 Å². The zero-order valence-electron chi connectivity index (χ0n) is 23.9. The average molecular weight is 530 g/mol. The minimum atomic E-state index is -0.522. The SMILES string of the molecule is COC(=O)COc1ccc2c(c1)O[C@@](C)(CCC=C(C)C)[C@H]1C[C@H]3CN(C(=O)OC(C)(C)C)CC[C@@H]3O[C@H]21. The van der Waals surface area contributed by atoms with Gasteiger partial charge >= 0.3 is 12.1 Å². The van der Waals surface area contributed by atoms with E-state index in [1.807, 2.05) is 43.9 Å². The lowest BCUT2D eigenvalue weighted by molar-refractivity contribution is -0.191. The Hall–Kier alpha value is -2.74. The van der Waals surface area contributed by atoms with E-state index >= 15 is 0 Å². The number of rotatable bonds is 6. The molecule has 3 aliphatic rings. The topological polar surface area (TPSA) is 83.5 Å². The summed E-state index contributed by atoms with van der Waals surface area (Å²) in [6.45, 7) is 13.2. The summed E-state index contributed by atoms with van der Waals surface area (Å²) < 4.78 is 29.6. The van der Waals surface area contributed by atoms with Crippen LogP contribution in [0.2, 0.25) is 0 Å². The van der Waals surface area contributed by atoms with E-state index in [4.69, 9.17) is 23.7 Å². The summed E-state index contributed by atoms with van der Waals surface area (Å²) >= 11 is 0. The third kappa shape index (κ3) is 6.45. The molecular weight excluding hydrogens is 486 g/mol. The Morgan fingerprint density at radius 1 is 1.24 bits per heavy atom. The van der Waals surface area contributed by atoms with Crippen LogP contribution in [0.4, 0.5) is 4.79 Å². The molecule has 8 nitrogen and oxygen atoms in total. The summed E-state index contributed by atoms with van der Waals surface area (Å²) in [7, 11) is 1.34. The number of amides is 1. The van der Waals surface area contributed by atoms with Crippen molar-refractivity contribution in [1.29, 1.82) is 0 Å². The van der Waals surface area contributed by atoms with Gasteiger partial charge in [0.2, 0.25) is 0 Å². The molecule has 2 fully saturated rings. The highest BCUT2D eigenvalue weighted by Gasteiger charge is 2.53. The molecule has 1 aromatic rings. The molecule has 8 heteroatoms. The molecule has 5 atom stereocenters. The van der Waals surface area contributed by atoms with Crippen LogP contribution >= 0.6 is 0 Å². The smallest absolute Gasteiger partial charge is 0.410 e. The van der Waals surface area contributed by atoms with Crippen molar-refractivity contribution in [3.05, 3.63) is 35.4 Å². The van der Waals surface area contributed by atoms with E-state index in [1.54, 1.807) is 0 Å². The van der Waals surface area contributed by atoms with E-state index in [0.29, 0.717) is 18.8 Å². The minimum absolute atomic E-state index is 0.0677. The fraction of sp³-hybridized carbons (Fsp3) is 0.667. The van der Waals surface area contributed by atoms with E-state index in [2.05, 4.69) is 26.8 Å². The van der Waals surface area contributed by atoms with Gasteiger partial charge in [-0.3, -0.25) is 0 Å². The highest BCUT2D eigenvalue weighted by atomic mass is 16.6. The predicted octanol–water partition coefficient (Wildman–Crippen LogP) is 5.84. The fourth-order valence-electron chi connectivity index (χ4n) is 5.84. The molecule has 0 saturated carbocycles. The normalized spacial score (nSPS) is 28.1. The monoisotopic (exact) mass is 529 g/mol. The number of methoxy groups -OCH3 is 1. The van der Waals surface area contributed by atoms with Crippen molar-refractivity contribution >= 4 is 12.1 Å². The number of hydrogen-bond acceptors (Lipinski definition) is 7. The lowest BCUT2D eigenvalue weighted by atomic mass is 9.68. The van der Waals surface area contributed by atoms with Crippen LogP contribution in [0.15, 0.2) is 29.8 Å². The van der Waals surface area contributed by atoms with Crippen molar-refractivity contribution in [2.45, 2.75) is 90.6 Å². The van der Waals surface area contributed by atoms with Gasteiger partial charge in [0.1, 0.15) is 22.7 Å². The Balaban J connectivity index is 1.58. The fourth-order valence-corrected chi connectivity index (χ4v) is 5.84. The first-order valence-electron chi connectivity index (χ1n) is 13.7. The Labute approximate surface area is 226 Å². The van der Waals surface area contributed by atoms with Gasteiger partial charge in [-0.15, -0.1) is 0 Å². The van der Waals surface area contributed by atoms with Gasteiger partial charge < -0.3 is 28.6 Å². The van der Waals surface area contributed by atoms with Crippen molar-refractivity contribution in [2.24, 2.45) is 11.8 Å². The van der Waals surface area contributed by atoms with Gasteiger partial charge in [-0.2, -0.15) is 0 Å². The van der Waals surface area contributed by atoms with E-state index < -0.39 is 17.2 Å². The number of esters is 1. The van der Waals surface area contributed by atoms with Gasteiger partial charge in [0.05, 0.1) is 19.3 Å². The van der Waals surface area contributed by atoms with Gasteiger partial charge in [0.25, 0.3) is 0 Å². The number of carbonyl (C=O) groups excluding carboxylic acids is 2. The van der Waals surface area contributed by atoms with Gasteiger partial charge in [0.15, 0.2) is 6.61 Å². The predicted molar refractivity (Wildman–Crippen MR) is 143 cm³/mol. The second-order valence-corrected chi connectivity index (χ2v) is 12.2. The molecule has 1 aromatic carbocycles. The van der Waals surface area contributed by atoms with Gasteiger partial charge in [0, 0.05) is 36.6 Å². The summed E-state index contributed by atoms with van der Waals surface area (Å²) in [5.74, 6) is 1.20. The molecule has 0 N–H and O–H groups in total. The molecule has 0 bridgehead atoms. The maximum atomic E-state index is 12.8. The Bertz CT molecular complexity index is 1060. The molecule has 0 spiro atoms. The van der Waals surface area contributed by atoms with Crippen LogP contribution in [0.3, 0.4) is 0 Å². The summed E-state index contributed by atoms with van der Waals surface area (Å²) in [4.78, 5) is 26.2. The van der Waals surface area contributed by atoms with Crippen molar-refractivity contribution in [3.8, 4) is 11.5 Å². The molecule has 3 heterocycles. The zero-order chi connectivity index (χ0) is 27.7. The molecule has 0 aliphatic carbocycles. The molecule has 0 aromatic heterocycles. The van der Waals surface area contributed by atoms with Crippen LogP contribution in [0.1, 0.15) is 78.9 Å². The molecule has 3 aliphatic heterocycles. The second-order valence-electron chi connectivity index (χ2n) is 12.2. The van der Waals surface area contributed by atoms with Crippen LogP contribution in [0.5, 0.6) is 11.5 Å². The molecule has 0 unspecified atom stereocenters. The lowest BCUT2D eigenvalue weighted by Crippen LogP contribution is -2.57. The van der Waals surface area contributed by atoms with Crippen LogP contribution < -0.4 is 9.47 Å². The molecule has 4 rings (SSSR count). The molecule has 2 saturated heterocycles. The summed E-state index contributed by atoms with van der Waals surface area (Å²) in [6, 6.07) is 5.70. The van der Waals surface area contributed by atoms with Crippen LogP contribution in [-0.4, -0.2) is 61.1 Å². The van der Waals surface area contributed by atoms with Crippen molar-refractivity contribution in [3.63, 3.8) is 0 Å². The third-order valence-electron chi connectivity index (χ3n) is 7.76. The molecule has 210 valence electrons. The number of likely N-dealkylation sites (tertiary alicyclic amines) is 1. The second kappa shape index (κ2) is 11.2. The lowest BCUT2D eigenvalue weighted by Gasteiger charge is -2.54. The largest absolute Gasteiger partial charge is 0.487 e. The molecular formula is C30H43NO7. The van der Waals surface area contributed by atoms with Gasteiger partial charge in [-0.1, -0.05) is 11.6 Å². The van der Waals surface area contributed by atoms with E-state index in [1.165, 1.54) is 12.7 Å². The summed E-state index contributed by atoms with van der Waals surface area (Å²) in [6.07, 6.45) is 5.35. The summed E-state index contributed by atoms with van der Waals surface area (Å²) in [5.41, 5.74) is 1.30. The first-order valence-corrected chi connectivity index (χ1v) is 13.7. The maximum absolute atomic E-state index is 12.8. The Morgan fingerprint density at radius 3 is 2.68 bits per heavy atom. The minimum Gasteiger partial charge on any atom is -0.487 e. The number of carbonyl (C=O) groups is 2. The standard InChI is InChI=1S/C30H43NO7/c1-19(2)9-8-13-30(6)23-15-20-17-31(28(33)38-29(3,4)5)14-12-24(20)36-27(23)22-11-10-21(16-25(22)37-30)35-18-26(32)34-7/h9-11,16,20,23-24,27H,8,12-15,17-18H2,1-7H3/t20-,23-,24-,27+,30-/m0/s1. The highest BCUT2D eigenvalue weighted by molar-refractivity contribution is 5.71. The number of fused-ring (bicyclic) bond motifs is 4. The number of ether oxygens (including phenoxy) is 5. The van der Waals surface area contributed by atoms with Crippen LogP contribution in [0.25, 0.3) is 0 Å².